The van der Waals surface area contributed by atoms with Crippen molar-refractivity contribution in [1.29, 1.82) is 0 Å². The number of ether oxygens (including phenoxy) is 2. The molecule has 0 radical (unpaired) electrons. The molecule has 0 heterocycles. The normalized spacial score (nSPS) is 13.3. The minimum absolute atomic E-state index is 0.0962. The van der Waals surface area contributed by atoms with Gasteiger partial charge in [0.15, 0.2) is 0 Å². The molecule has 2 N–H and O–H groups in total. The zero-order valence-corrected chi connectivity index (χ0v) is 12.6. The van der Waals surface area contributed by atoms with Gasteiger partial charge in [-0.3, -0.25) is 0 Å². The summed E-state index contributed by atoms with van der Waals surface area (Å²) >= 11 is 0. The van der Waals surface area contributed by atoms with Gasteiger partial charge in [-0.25, -0.2) is 0 Å². The van der Waals surface area contributed by atoms with E-state index in [0.29, 0.717) is 19.8 Å². The molecule has 0 aromatic heterocycles. The summed E-state index contributed by atoms with van der Waals surface area (Å²) in [4.78, 5) is 0. The quantitative estimate of drug-likeness (QED) is 0.824. The number of hydrogen-bond donors (Lipinski definition) is 1. The highest BCUT2D eigenvalue weighted by molar-refractivity contribution is 5.31. The first-order valence-corrected chi connectivity index (χ1v) is 7.02. The molecule has 3 heteroatoms. The van der Waals surface area contributed by atoms with Gasteiger partial charge in [-0.2, -0.15) is 0 Å². The third-order valence-electron chi connectivity index (χ3n) is 3.09. The van der Waals surface area contributed by atoms with E-state index in [1.165, 1.54) is 5.56 Å². The molecule has 1 aromatic carbocycles. The minimum Gasteiger partial charge on any atom is -0.493 e. The van der Waals surface area contributed by atoms with Crippen LogP contribution in [0.15, 0.2) is 24.3 Å². The predicted molar refractivity (Wildman–Crippen MR) is 79.7 cm³/mol. The fraction of sp³-hybridized carbons (Fsp3) is 0.625. The van der Waals surface area contributed by atoms with Crippen LogP contribution in [0, 0.1) is 0 Å². The highest BCUT2D eigenvalue weighted by Crippen LogP contribution is 2.24. The van der Waals surface area contributed by atoms with E-state index in [1.54, 1.807) is 0 Å². The van der Waals surface area contributed by atoms with Gasteiger partial charge in [0.25, 0.3) is 0 Å². The van der Waals surface area contributed by atoms with Crippen LogP contribution in [-0.2, 0) is 10.2 Å². The van der Waals surface area contributed by atoms with Gasteiger partial charge in [-0.05, 0) is 30.0 Å². The van der Waals surface area contributed by atoms with Crippen molar-refractivity contribution in [2.24, 2.45) is 5.73 Å². The van der Waals surface area contributed by atoms with Crippen molar-refractivity contribution < 1.29 is 9.47 Å². The standard InChI is InChI=1S/C16H27NO2/c1-5-18-15(12-17)10-11-19-14-8-6-13(7-9-14)16(2,3)4/h6-9,15H,5,10-12,17H2,1-4H3. The zero-order valence-electron chi connectivity index (χ0n) is 12.6. The van der Waals surface area contributed by atoms with Gasteiger partial charge < -0.3 is 15.2 Å². The Balaban J connectivity index is 2.42. The zero-order chi connectivity index (χ0) is 14.3. The maximum Gasteiger partial charge on any atom is 0.119 e. The van der Waals surface area contributed by atoms with Crippen molar-refractivity contribution in [3.05, 3.63) is 29.8 Å². The molecule has 0 fully saturated rings. The van der Waals surface area contributed by atoms with Crippen LogP contribution in [0.25, 0.3) is 0 Å². The topological polar surface area (TPSA) is 44.5 Å². The van der Waals surface area contributed by atoms with Gasteiger partial charge in [-0.15, -0.1) is 0 Å². The molecule has 0 bridgehead atoms. The summed E-state index contributed by atoms with van der Waals surface area (Å²) in [5.74, 6) is 0.903. The van der Waals surface area contributed by atoms with Gasteiger partial charge in [-0.1, -0.05) is 32.9 Å². The summed E-state index contributed by atoms with van der Waals surface area (Å²) in [6.45, 7) is 10.5. The summed E-state index contributed by atoms with van der Waals surface area (Å²) < 4.78 is 11.2. The molecular formula is C16H27NO2. The first-order chi connectivity index (χ1) is 8.97. The van der Waals surface area contributed by atoms with Gasteiger partial charge in [0.05, 0.1) is 12.7 Å². The summed E-state index contributed by atoms with van der Waals surface area (Å²) in [6.07, 6.45) is 0.921. The highest BCUT2D eigenvalue weighted by Gasteiger charge is 2.13. The molecule has 1 rings (SSSR count). The van der Waals surface area contributed by atoms with E-state index < -0.39 is 0 Å². The first kappa shape index (κ1) is 16.0. The maximum absolute atomic E-state index is 5.72. The summed E-state index contributed by atoms with van der Waals surface area (Å²) in [6, 6.07) is 8.30. The molecule has 0 amide bonds. The Labute approximate surface area is 117 Å². The lowest BCUT2D eigenvalue weighted by molar-refractivity contribution is 0.0527. The summed E-state index contributed by atoms with van der Waals surface area (Å²) in [5.41, 5.74) is 7.12. The van der Waals surface area contributed by atoms with Crippen LogP contribution in [-0.4, -0.2) is 25.9 Å². The number of nitrogens with two attached hydrogens (primary N) is 1. The van der Waals surface area contributed by atoms with E-state index in [4.69, 9.17) is 15.2 Å². The van der Waals surface area contributed by atoms with Crippen molar-refractivity contribution in [3.63, 3.8) is 0 Å². The molecule has 0 spiro atoms. The third-order valence-corrected chi connectivity index (χ3v) is 3.09. The first-order valence-electron chi connectivity index (χ1n) is 7.02. The Kier molecular flexibility index (Phi) is 6.32. The minimum atomic E-state index is 0.0962. The monoisotopic (exact) mass is 265 g/mol. The predicted octanol–water partition coefficient (Wildman–Crippen LogP) is 3.12. The Bertz CT molecular complexity index is 354. The molecule has 0 aliphatic carbocycles. The molecule has 1 unspecified atom stereocenters. The van der Waals surface area contributed by atoms with Gasteiger partial charge in [0, 0.05) is 19.6 Å². The maximum atomic E-state index is 5.72. The fourth-order valence-corrected chi connectivity index (χ4v) is 1.86. The van der Waals surface area contributed by atoms with E-state index in [-0.39, 0.29) is 11.5 Å². The largest absolute Gasteiger partial charge is 0.493 e. The van der Waals surface area contributed by atoms with E-state index in [2.05, 4.69) is 32.9 Å². The Morgan fingerprint density at radius 2 is 1.79 bits per heavy atom. The average Bonchev–Trinajstić information content (AvgIpc) is 2.37. The Hall–Kier alpha value is -1.06. The van der Waals surface area contributed by atoms with E-state index in [1.807, 2.05) is 19.1 Å². The second-order valence-corrected chi connectivity index (χ2v) is 5.72. The van der Waals surface area contributed by atoms with Crippen LogP contribution >= 0.6 is 0 Å². The van der Waals surface area contributed by atoms with Crippen LogP contribution in [0.5, 0.6) is 5.75 Å². The molecule has 0 saturated carbocycles. The highest BCUT2D eigenvalue weighted by atomic mass is 16.5. The second kappa shape index (κ2) is 7.51. The summed E-state index contributed by atoms with van der Waals surface area (Å²) in [7, 11) is 0. The van der Waals surface area contributed by atoms with Crippen LogP contribution in [0.1, 0.15) is 39.7 Å². The SMILES string of the molecule is CCOC(CN)CCOc1ccc(C(C)(C)C)cc1. The second-order valence-electron chi connectivity index (χ2n) is 5.72. The third kappa shape index (κ3) is 5.62. The van der Waals surface area contributed by atoms with Gasteiger partial charge >= 0.3 is 0 Å². The number of benzene rings is 1. The number of hydrogen-bond acceptors (Lipinski definition) is 3. The molecule has 108 valence electrons. The van der Waals surface area contributed by atoms with Crippen molar-refractivity contribution >= 4 is 0 Å². The van der Waals surface area contributed by atoms with Crippen LogP contribution in [0.4, 0.5) is 0 Å². The molecular weight excluding hydrogens is 238 g/mol. The van der Waals surface area contributed by atoms with E-state index in [9.17, 15) is 0 Å². The molecule has 0 aliphatic heterocycles. The lowest BCUT2D eigenvalue weighted by Crippen LogP contribution is -2.25. The van der Waals surface area contributed by atoms with Crippen molar-refractivity contribution in [2.45, 2.75) is 45.6 Å². The Morgan fingerprint density at radius 3 is 2.26 bits per heavy atom. The molecule has 0 saturated heterocycles. The molecule has 1 atom stereocenters. The molecule has 19 heavy (non-hydrogen) atoms. The fourth-order valence-electron chi connectivity index (χ4n) is 1.86. The molecule has 0 aliphatic rings. The van der Waals surface area contributed by atoms with Crippen LogP contribution in [0.3, 0.4) is 0 Å². The summed E-state index contributed by atoms with van der Waals surface area (Å²) in [5, 5.41) is 0. The lowest BCUT2D eigenvalue weighted by Gasteiger charge is -2.19. The van der Waals surface area contributed by atoms with E-state index in [0.717, 1.165) is 12.2 Å². The van der Waals surface area contributed by atoms with Crippen molar-refractivity contribution in [1.82, 2.24) is 0 Å². The number of rotatable bonds is 7. The van der Waals surface area contributed by atoms with E-state index >= 15 is 0 Å². The molecule has 1 aromatic rings. The van der Waals surface area contributed by atoms with Gasteiger partial charge in [0.2, 0.25) is 0 Å². The lowest BCUT2D eigenvalue weighted by atomic mass is 9.87. The van der Waals surface area contributed by atoms with Crippen LogP contribution in [0.2, 0.25) is 0 Å². The Morgan fingerprint density at radius 1 is 1.16 bits per heavy atom. The average molecular weight is 265 g/mol. The smallest absolute Gasteiger partial charge is 0.119 e. The van der Waals surface area contributed by atoms with Gasteiger partial charge in [0.1, 0.15) is 5.75 Å². The molecule has 3 nitrogen and oxygen atoms in total. The van der Waals surface area contributed by atoms with Crippen molar-refractivity contribution in [2.75, 3.05) is 19.8 Å². The van der Waals surface area contributed by atoms with Crippen molar-refractivity contribution in [3.8, 4) is 5.75 Å². The van der Waals surface area contributed by atoms with Crippen LogP contribution < -0.4 is 10.5 Å².